The third-order valence-electron chi connectivity index (χ3n) is 6.23. The highest BCUT2D eigenvalue weighted by molar-refractivity contribution is 6.31. The molecule has 0 radical (unpaired) electrons. The van der Waals surface area contributed by atoms with E-state index in [1.807, 2.05) is 49.4 Å². The van der Waals surface area contributed by atoms with Gasteiger partial charge in [-0.1, -0.05) is 41.9 Å². The number of anilines is 1. The van der Waals surface area contributed by atoms with Crippen LogP contribution >= 0.6 is 11.6 Å². The molecule has 0 aliphatic carbocycles. The highest BCUT2D eigenvalue weighted by Gasteiger charge is 2.40. The first kappa shape index (κ1) is 22.2. The van der Waals surface area contributed by atoms with Gasteiger partial charge < -0.3 is 14.2 Å². The maximum absolute atomic E-state index is 13.6. The van der Waals surface area contributed by atoms with Gasteiger partial charge in [0, 0.05) is 37.6 Å². The van der Waals surface area contributed by atoms with Gasteiger partial charge in [-0.15, -0.1) is 0 Å². The molecular formula is C26H25ClN4O3. The number of carbonyl (C=O) groups is 2. The van der Waals surface area contributed by atoms with Crippen molar-refractivity contribution in [3.05, 3.63) is 88.8 Å². The predicted molar refractivity (Wildman–Crippen MR) is 131 cm³/mol. The number of benzene rings is 2. The Hall–Kier alpha value is -3.58. The smallest absolute Gasteiger partial charge is 0.289 e. The Balaban J connectivity index is 1.40. The first-order valence-electron chi connectivity index (χ1n) is 11.3. The van der Waals surface area contributed by atoms with Crippen molar-refractivity contribution in [3.8, 4) is 0 Å². The monoisotopic (exact) mass is 476 g/mol. The molecule has 8 heteroatoms. The minimum absolute atomic E-state index is 0.0571. The van der Waals surface area contributed by atoms with Crippen LogP contribution in [0.15, 0.2) is 76.3 Å². The first-order valence-corrected chi connectivity index (χ1v) is 11.7. The van der Waals surface area contributed by atoms with Crippen LogP contribution in [-0.4, -0.2) is 59.8 Å². The van der Waals surface area contributed by atoms with E-state index in [9.17, 15) is 9.59 Å². The van der Waals surface area contributed by atoms with Crippen molar-refractivity contribution in [2.75, 3.05) is 31.1 Å². The van der Waals surface area contributed by atoms with E-state index in [4.69, 9.17) is 21.0 Å². The van der Waals surface area contributed by atoms with Gasteiger partial charge in [0.1, 0.15) is 6.04 Å². The molecule has 2 amide bonds. The lowest BCUT2D eigenvalue weighted by molar-refractivity contribution is -0.118. The van der Waals surface area contributed by atoms with Crippen LogP contribution in [-0.2, 0) is 11.2 Å². The van der Waals surface area contributed by atoms with Crippen molar-refractivity contribution in [1.29, 1.82) is 0 Å². The fourth-order valence-electron chi connectivity index (χ4n) is 4.46. The normalized spacial score (nSPS) is 18.4. The van der Waals surface area contributed by atoms with Gasteiger partial charge in [0.15, 0.2) is 5.76 Å². The van der Waals surface area contributed by atoms with E-state index in [1.165, 1.54) is 6.26 Å². The zero-order chi connectivity index (χ0) is 23.7. The highest BCUT2D eigenvalue weighted by Crippen LogP contribution is 2.30. The van der Waals surface area contributed by atoms with Gasteiger partial charge in [-0.25, -0.2) is 9.89 Å². The molecule has 1 fully saturated rings. The van der Waals surface area contributed by atoms with Crippen molar-refractivity contribution in [2.24, 2.45) is 4.99 Å². The summed E-state index contributed by atoms with van der Waals surface area (Å²) in [6.45, 7) is 4.11. The van der Waals surface area contributed by atoms with Crippen molar-refractivity contribution in [3.63, 3.8) is 0 Å². The zero-order valence-electron chi connectivity index (χ0n) is 18.9. The second-order valence-corrected chi connectivity index (χ2v) is 8.93. The van der Waals surface area contributed by atoms with E-state index >= 15 is 0 Å². The molecule has 7 nitrogen and oxygen atoms in total. The number of carbonyl (C=O) groups excluding carboxylic acids is 2. The van der Waals surface area contributed by atoms with E-state index in [2.05, 4.69) is 4.90 Å². The van der Waals surface area contributed by atoms with Crippen LogP contribution in [0.4, 0.5) is 5.69 Å². The summed E-state index contributed by atoms with van der Waals surface area (Å²) >= 11 is 6.18. The molecule has 3 heterocycles. The number of furan rings is 1. The van der Waals surface area contributed by atoms with Gasteiger partial charge in [0.25, 0.3) is 11.8 Å². The number of guanidine groups is 1. The van der Waals surface area contributed by atoms with E-state index < -0.39 is 6.04 Å². The summed E-state index contributed by atoms with van der Waals surface area (Å²) in [5.74, 6) is 0.782. The number of halogens is 1. The second kappa shape index (κ2) is 9.35. The average Bonchev–Trinajstić information content (AvgIpc) is 3.49. The quantitative estimate of drug-likeness (QED) is 0.570. The Kier molecular flexibility index (Phi) is 6.11. The fraction of sp³-hybridized carbons (Fsp3) is 0.269. The van der Waals surface area contributed by atoms with E-state index in [0.29, 0.717) is 49.3 Å². The minimum atomic E-state index is -0.504. The third kappa shape index (κ3) is 4.31. The largest absolute Gasteiger partial charge is 0.459 e. The molecule has 174 valence electrons. The molecule has 2 aliphatic rings. The molecule has 0 bridgehead atoms. The maximum atomic E-state index is 13.6. The van der Waals surface area contributed by atoms with Crippen molar-refractivity contribution < 1.29 is 14.0 Å². The molecule has 1 atom stereocenters. The molecule has 34 heavy (non-hydrogen) atoms. The highest BCUT2D eigenvalue weighted by atomic mass is 35.5. The van der Waals surface area contributed by atoms with Gasteiger partial charge in [-0.05, 0) is 48.4 Å². The summed E-state index contributed by atoms with van der Waals surface area (Å²) in [7, 11) is 0. The molecule has 0 saturated carbocycles. The number of nitrogens with zero attached hydrogens (tertiary/aromatic N) is 4. The van der Waals surface area contributed by atoms with Crippen LogP contribution in [0.3, 0.4) is 0 Å². The summed E-state index contributed by atoms with van der Waals surface area (Å²) in [6.07, 6.45) is 2.03. The third-order valence-corrected chi connectivity index (χ3v) is 6.47. The molecule has 3 aromatic rings. The lowest BCUT2D eigenvalue weighted by Gasteiger charge is -2.37. The van der Waals surface area contributed by atoms with E-state index in [1.54, 1.807) is 28.0 Å². The Morgan fingerprint density at radius 1 is 1.06 bits per heavy atom. The van der Waals surface area contributed by atoms with Crippen LogP contribution in [0.5, 0.6) is 0 Å². The molecule has 5 rings (SSSR count). The summed E-state index contributed by atoms with van der Waals surface area (Å²) in [4.78, 5) is 36.7. The molecule has 1 saturated heterocycles. The Morgan fingerprint density at radius 2 is 1.82 bits per heavy atom. The summed E-state index contributed by atoms with van der Waals surface area (Å²) in [6, 6.07) is 18.3. The van der Waals surface area contributed by atoms with Crippen molar-refractivity contribution in [2.45, 2.75) is 19.4 Å². The Labute approximate surface area is 203 Å². The molecule has 2 aliphatic heterocycles. The second-order valence-electron chi connectivity index (χ2n) is 8.50. The minimum Gasteiger partial charge on any atom is -0.459 e. The number of aryl methyl sites for hydroxylation is 1. The SMILES string of the molecule is Cc1cc(Cl)ccc1N1C(=O)C(Cc2ccccc2)N=C1N1CCN(C(=O)c2ccco2)CC1. The van der Waals surface area contributed by atoms with E-state index in [0.717, 1.165) is 16.8 Å². The summed E-state index contributed by atoms with van der Waals surface area (Å²) < 4.78 is 5.27. The number of aliphatic imine (C=N–C) groups is 1. The van der Waals surface area contributed by atoms with Gasteiger partial charge in [-0.3, -0.25) is 9.59 Å². The lowest BCUT2D eigenvalue weighted by Crippen LogP contribution is -2.54. The first-order chi connectivity index (χ1) is 16.5. The molecule has 1 unspecified atom stereocenters. The van der Waals surface area contributed by atoms with E-state index in [-0.39, 0.29) is 11.8 Å². The summed E-state index contributed by atoms with van der Waals surface area (Å²) in [5, 5.41) is 0.622. The van der Waals surface area contributed by atoms with Crippen molar-refractivity contribution >= 4 is 35.1 Å². The molecule has 2 aromatic carbocycles. The van der Waals surface area contributed by atoms with Crippen LogP contribution in [0.2, 0.25) is 5.02 Å². The maximum Gasteiger partial charge on any atom is 0.289 e. The Morgan fingerprint density at radius 3 is 2.50 bits per heavy atom. The van der Waals surface area contributed by atoms with Crippen LogP contribution < -0.4 is 4.90 Å². The van der Waals surface area contributed by atoms with Gasteiger partial charge in [0.2, 0.25) is 5.96 Å². The average molecular weight is 477 g/mol. The molecule has 0 N–H and O–H groups in total. The van der Waals surface area contributed by atoms with Crippen molar-refractivity contribution in [1.82, 2.24) is 9.80 Å². The fourth-order valence-corrected chi connectivity index (χ4v) is 4.68. The number of amides is 2. The van der Waals surface area contributed by atoms with Gasteiger partial charge in [-0.2, -0.15) is 0 Å². The lowest BCUT2D eigenvalue weighted by atomic mass is 10.1. The van der Waals surface area contributed by atoms with Gasteiger partial charge >= 0.3 is 0 Å². The topological polar surface area (TPSA) is 69.4 Å². The number of hydrogen-bond acceptors (Lipinski definition) is 5. The standard InChI is InChI=1S/C26H25ClN4O3/c1-18-16-20(27)9-10-22(18)31-24(32)21(17-19-6-3-2-4-7-19)28-26(31)30-13-11-29(12-14-30)25(33)23-8-5-15-34-23/h2-10,15-16,21H,11-14,17H2,1H3. The molecule has 0 spiro atoms. The van der Waals surface area contributed by atoms with Crippen LogP contribution in [0, 0.1) is 6.92 Å². The number of rotatable bonds is 4. The molecular weight excluding hydrogens is 452 g/mol. The molecule has 1 aromatic heterocycles. The van der Waals surface area contributed by atoms with Gasteiger partial charge in [0.05, 0.1) is 12.0 Å². The summed E-state index contributed by atoms with van der Waals surface area (Å²) in [5.41, 5.74) is 2.74. The zero-order valence-corrected chi connectivity index (χ0v) is 19.6. The number of piperazine rings is 1. The van der Waals surface area contributed by atoms with Crippen LogP contribution in [0.25, 0.3) is 0 Å². The number of hydrogen-bond donors (Lipinski definition) is 0. The van der Waals surface area contributed by atoms with Crippen LogP contribution in [0.1, 0.15) is 21.7 Å². The Bertz CT molecular complexity index is 1220. The predicted octanol–water partition coefficient (Wildman–Crippen LogP) is 4.01.